The fourth-order valence-electron chi connectivity index (χ4n) is 3.51. The molecule has 2 atom stereocenters. The topological polar surface area (TPSA) is 49.8 Å². The number of amides is 1. The Kier molecular flexibility index (Phi) is 6.17. The van der Waals surface area contributed by atoms with E-state index in [1.165, 1.54) is 24.0 Å². The van der Waals surface area contributed by atoms with Gasteiger partial charge in [-0.05, 0) is 54.9 Å². The molecule has 2 aromatic rings. The number of aryl methyl sites for hydroxylation is 1. The van der Waals surface area contributed by atoms with E-state index in [1.807, 2.05) is 24.3 Å². The van der Waals surface area contributed by atoms with Gasteiger partial charge in [-0.3, -0.25) is 4.79 Å². The monoisotopic (exact) mass is 367 g/mol. The standard InChI is InChI=1S/C23H29NO3/c1-16-4-6-17(7-5-16)21(18-8-9-18)14-23(26)24(2)15-22(25)19-10-12-20(27-3)13-11-19/h4-7,10-13,18,21-22,25H,8-9,14-15H2,1-3H3. The summed E-state index contributed by atoms with van der Waals surface area (Å²) < 4.78 is 5.14. The highest BCUT2D eigenvalue weighted by Gasteiger charge is 2.34. The maximum Gasteiger partial charge on any atom is 0.223 e. The smallest absolute Gasteiger partial charge is 0.223 e. The Morgan fingerprint density at radius 1 is 1.11 bits per heavy atom. The zero-order valence-electron chi connectivity index (χ0n) is 16.4. The van der Waals surface area contributed by atoms with Gasteiger partial charge in [-0.1, -0.05) is 42.0 Å². The molecule has 1 fully saturated rings. The van der Waals surface area contributed by atoms with Crippen LogP contribution in [-0.4, -0.2) is 36.6 Å². The predicted molar refractivity (Wildman–Crippen MR) is 107 cm³/mol. The number of nitrogens with zero attached hydrogens (tertiary/aromatic N) is 1. The Morgan fingerprint density at radius 3 is 2.26 bits per heavy atom. The number of methoxy groups -OCH3 is 1. The van der Waals surface area contributed by atoms with E-state index in [-0.39, 0.29) is 18.4 Å². The van der Waals surface area contributed by atoms with Gasteiger partial charge in [0.1, 0.15) is 5.75 Å². The molecule has 0 aliphatic heterocycles. The maximum absolute atomic E-state index is 12.8. The third-order valence-corrected chi connectivity index (χ3v) is 5.46. The van der Waals surface area contributed by atoms with Crippen LogP contribution in [0.5, 0.6) is 5.75 Å². The van der Waals surface area contributed by atoms with Crippen molar-refractivity contribution in [2.45, 2.75) is 38.2 Å². The fraction of sp³-hybridized carbons (Fsp3) is 0.435. The molecule has 144 valence electrons. The van der Waals surface area contributed by atoms with Crippen LogP contribution < -0.4 is 4.74 Å². The number of likely N-dealkylation sites (N-methyl/N-ethyl adjacent to an activating group) is 1. The molecule has 0 saturated heterocycles. The van der Waals surface area contributed by atoms with E-state index in [1.54, 1.807) is 19.1 Å². The van der Waals surface area contributed by atoms with Crippen LogP contribution in [0.2, 0.25) is 0 Å². The number of hydrogen-bond donors (Lipinski definition) is 1. The van der Waals surface area contributed by atoms with Crippen LogP contribution in [0.4, 0.5) is 0 Å². The van der Waals surface area contributed by atoms with Crippen molar-refractivity contribution in [3.05, 3.63) is 65.2 Å². The minimum absolute atomic E-state index is 0.0834. The first-order chi connectivity index (χ1) is 13.0. The molecule has 1 aliphatic rings. The van der Waals surface area contributed by atoms with Gasteiger partial charge in [-0.2, -0.15) is 0 Å². The number of aliphatic hydroxyl groups excluding tert-OH is 1. The van der Waals surface area contributed by atoms with Crippen LogP contribution in [0.1, 0.15) is 48.0 Å². The molecule has 0 radical (unpaired) electrons. The number of ether oxygens (including phenoxy) is 1. The van der Waals surface area contributed by atoms with Crippen LogP contribution in [0.25, 0.3) is 0 Å². The summed E-state index contributed by atoms with van der Waals surface area (Å²) >= 11 is 0. The van der Waals surface area contributed by atoms with Gasteiger partial charge in [0.2, 0.25) is 5.91 Å². The van der Waals surface area contributed by atoms with E-state index in [9.17, 15) is 9.90 Å². The first-order valence-corrected chi connectivity index (χ1v) is 9.60. The Labute approximate surface area is 161 Å². The first kappa shape index (κ1) is 19.4. The molecule has 27 heavy (non-hydrogen) atoms. The summed E-state index contributed by atoms with van der Waals surface area (Å²) in [6.07, 6.45) is 2.19. The second kappa shape index (κ2) is 8.57. The molecule has 0 spiro atoms. The lowest BCUT2D eigenvalue weighted by Crippen LogP contribution is -2.32. The average molecular weight is 367 g/mol. The largest absolute Gasteiger partial charge is 0.497 e. The van der Waals surface area contributed by atoms with Gasteiger partial charge in [0.15, 0.2) is 0 Å². The molecule has 1 N–H and O–H groups in total. The zero-order chi connectivity index (χ0) is 19.4. The highest BCUT2D eigenvalue weighted by Crippen LogP contribution is 2.44. The van der Waals surface area contributed by atoms with E-state index < -0.39 is 6.10 Å². The molecule has 4 heteroatoms. The lowest BCUT2D eigenvalue weighted by molar-refractivity contribution is -0.131. The Balaban J connectivity index is 1.60. The number of hydrogen-bond acceptors (Lipinski definition) is 3. The van der Waals surface area contributed by atoms with Crippen LogP contribution in [-0.2, 0) is 4.79 Å². The number of benzene rings is 2. The third kappa shape index (κ3) is 5.10. The van der Waals surface area contributed by atoms with Gasteiger partial charge < -0.3 is 14.7 Å². The van der Waals surface area contributed by atoms with Gasteiger partial charge in [-0.15, -0.1) is 0 Å². The second-order valence-electron chi connectivity index (χ2n) is 7.62. The van der Waals surface area contributed by atoms with Crippen molar-refractivity contribution in [3.8, 4) is 5.75 Å². The second-order valence-corrected chi connectivity index (χ2v) is 7.62. The molecule has 0 aromatic heterocycles. The molecule has 1 aliphatic carbocycles. The normalized spacial score (nSPS) is 15.9. The van der Waals surface area contributed by atoms with E-state index in [4.69, 9.17) is 4.74 Å². The van der Waals surface area contributed by atoms with Crippen molar-refractivity contribution in [3.63, 3.8) is 0 Å². The number of carbonyl (C=O) groups excluding carboxylic acids is 1. The molecule has 3 rings (SSSR count). The summed E-state index contributed by atoms with van der Waals surface area (Å²) in [5.41, 5.74) is 3.27. The van der Waals surface area contributed by atoms with Gasteiger partial charge in [0, 0.05) is 13.5 Å². The van der Waals surface area contributed by atoms with Gasteiger partial charge in [-0.25, -0.2) is 0 Å². The third-order valence-electron chi connectivity index (χ3n) is 5.46. The SMILES string of the molecule is COc1ccc(C(O)CN(C)C(=O)CC(c2ccc(C)cc2)C2CC2)cc1. The highest BCUT2D eigenvalue weighted by molar-refractivity contribution is 5.77. The predicted octanol–water partition coefficient (Wildman–Crippen LogP) is 4.08. The molecule has 1 saturated carbocycles. The fourth-order valence-corrected chi connectivity index (χ4v) is 3.51. The summed E-state index contributed by atoms with van der Waals surface area (Å²) in [5, 5.41) is 10.5. The van der Waals surface area contributed by atoms with Crippen LogP contribution >= 0.6 is 0 Å². The van der Waals surface area contributed by atoms with E-state index in [0.717, 1.165) is 11.3 Å². The van der Waals surface area contributed by atoms with Crippen molar-refractivity contribution in [2.24, 2.45) is 5.92 Å². The summed E-state index contributed by atoms with van der Waals surface area (Å²) in [7, 11) is 3.39. The Hall–Kier alpha value is -2.33. The van der Waals surface area contributed by atoms with Crippen LogP contribution in [0, 0.1) is 12.8 Å². The number of carbonyl (C=O) groups is 1. The van der Waals surface area contributed by atoms with Crippen LogP contribution in [0.15, 0.2) is 48.5 Å². The van der Waals surface area contributed by atoms with Crippen molar-refractivity contribution < 1.29 is 14.6 Å². The highest BCUT2D eigenvalue weighted by atomic mass is 16.5. The summed E-state index contributed by atoms with van der Waals surface area (Å²) in [4.78, 5) is 14.4. The van der Waals surface area contributed by atoms with Gasteiger partial charge in [0.25, 0.3) is 0 Å². The number of rotatable bonds is 8. The molecular formula is C23H29NO3. The zero-order valence-corrected chi connectivity index (χ0v) is 16.4. The summed E-state index contributed by atoms with van der Waals surface area (Å²) in [6, 6.07) is 15.8. The molecule has 0 bridgehead atoms. The maximum atomic E-state index is 12.8. The van der Waals surface area contributed by atoms with Crippen LogP contribution in [0.3, 0.4) is 0 Å². The Bertz CT molecular complexity index is 750. The average Bonchev–Trinajstić information content (AvgIpc) is 3.51. The summed E-state index contributed by atoms with van der Waals surface area (Å²) in [6.45, 7) is 2.37. The Morgan fingerprint density at radius 2 is 1.70 bits per heavy atom. The van der Waals surface area contributed by atoms with E-state index in [0.29, 0.717) is 12.3 Å². The minimum Gasteiger partial charge on any atom is -0.497 e. The molecule has 0 heterocycles. The van der Waals surface area contributed by atoms with E-state index in [2.05, 4.69) is 31.2 Å². The van der Waals surface area contributed by atoms with Crippen molar-refractivity contribution in [2.75, 3.05) is 20.7 Å². The van der Waals surface area contributed by atoms with Gasteiger partial charge >= 0.3 is 0 Å². The number of aliphatic hydroxyl groups is 1. The van der Waals surface area contributed by atoms with Crippen molar-refractivity contribution >= 4 is 5.91 Å². The lowest BCUT2D eigenvalue weighted by Gasteiger charge is -2.24. The van der Waals surface area contributed by atoms with E-state index >= 15 is 0 Å². The molecule has 2 aromatic carbocycles. The van der Waals surface area contributed by atoms with Crippen molar-refractivity contribution in [1.82, 2.24) is 4.90 Å². The first-order valence-electron chi connectivity index (χ1n) is 9.60. The molecule has 4 nitrogen and oxygen atoms in total. The lowest BCUT2D eigenvalue weighted by atomic mass is 9.90. The summed E-state index contributed by atoms with van der Waals surface area (Å²) in [5.74, 6) is 1.72. The molecule has 1 amide bonds. The quantitative estimate of drug-likeness (QED) is 0.765. The molecule has 2 unspecified atom stereocenters. The minimum atomic E-state index is -0.705. The van der Waals surface area contributed by atoms with Gasteiger partial charge in [0.05, 0.1) is 19.8 Å². The molecular weight excluding hydrogens is 338 g/mol. The van der Waals surface area contributed by atoms with Crippen molar-refractivity contribution in [1.29, 1.82) is 0 Å².